The lowest BCUT2D eigenvalue weighted by Crippen LogP contribution is -2.44. The normalized spacial score (nSPS) is 24.3. The number of fused-ring (bicyclic) bond motifs is 1. The van der Waals surface area contributed by atoms with Gasteiger partial charge in [-0.2, -0.15) is 0 Å². The van der Waals surface area contributed by atoms with E-state index in [1.807, 2.05) is 7.11 Å². The molecular formula is C13H18BrN3OS. The van der Waals surface area contributed by atoms with Gasteiger partial charge in [0.25, 0.3) is 0 Å². The molecule has 6 heteroatoms. The molecule has 1 aliphatic rings. The third-order valence-electron chi connectivity index (χ3n) is 3.96. The van der Waals surface area contributed by atoms with Crippen molar-refractivity contribution in [3.8, 4) is 0 Å². The number of hydrogen-bond donors (Lipinski definition) is 0. The minimum absolute atomic E-state index is 0.302. The Morgan fingerprint density at radius 1 is 1.58 bits per heavy atom. The standard InChI is InChI=1S/C13H18BrN3OS/c1-9-3-4-16(8-11(9)18-2)12-10(7-14)17-5-6-19-13(17)15-12/h5-6,9,11H,3-4,7-8H2,1-2H3. The van der Waals surface area contributed by atoms with E-state index in [1.165, 1.54) is 5.69 Å². The van der Waals surface area contributed by atoms with Gasteiger partial charge in [-0.25, -0.2) is 4.98 Å². The summed E-state index contributed by atoms with van der Waals surface area (Å²) in [7, 11) is 1.81. The molecule has 19 heavy (non-hydrogen) atoms. The Hall–Kier alpha value is -0.590. The third-order valence-corrected chi connectivity index (χ3v) is 5.25. The predicted octanol–water partition coefficient (Wildman–Crippen LogP) is 3.15. The van der Waals surface area contributed by atoms with E-state index in [1.54, 1.807) is 11.3 Å². The van der Waals surface area contributed by atoms with Gasteiger partial charge in [-0.1, -0.05) is 22.9 Å². The van der Waals surface area contributed by atoms with Crippen molar-refractivity contribution >= 4 is 38.0 Å². The van der Waals surface area contributed by atoms with E-state index in [4.69, 9.17) is 9.72 Å². The van der Waals surface area contributed by atoms with Crippen molar-refractivity contribution in [1.29, 1.82) is 0 Å². The molecule has 0 spiro atoms. The Morgan fingerprint density at radius 3 is 3.16 bits per heavy atom. The predicted molar refractivity (Wildman–Crippen MR) is 82.5 cm³/mol. The lowest BCUT2D eigenvalue weighted by atomic mass is 9.96. The number of hydrogen-bond acceptors (Lipinski definition) is 4. The van der Waals surface area contributed by atoms with Crippen LogP contribution in [0.2, 0.25) is 0 Å². The van der Waals surface area contributed by atoms with Crippen LogP contribution in [0.5, 0.6) is 0 Å². The number of piperidine rings is 1. The summed E-state index contributed by atoms with van der Waals surface area (Å²) in [5.41, 5.74) is 1.24. The van der Waals surface area contributed by atoms with Crippen LogP contribution in [0.25, 0.3) is 4.96 Å². The lowest BCUT2D eigenvalue weighted by Gasteiger charge is -2.36. The van der Waals surface area contributed by atoms with Crippen molar-refractivity contribution in [2.24, 2.45) is 5.92 Å². The number of aromatic nitrogens is 2. The van der Waals surface area contributed by atoms with Crippen molar-refractivity contribution in [2.75, 3.05) is 25.1 Å². The number of alkyl halides is 1. The fourth-order valence-corrected chi connectivity index (χ4v) is 3.98. The summed E-state index contributed by atoms with van der Waals surface area (Å²) in [6, 6.07) is 0. The first-order valence-electron chi connectivity index (χ1n) is 6.52. The SMILES string of the molecule is COC1CN(c2nc3sccn3c2CBr)CCC1C. The number of anilines is 1. The quantitative estimate of drug-likeness (QED) is 0.802. The Balaban J connectivity index is 1.93. The third kappa shape index (κ3) is 2.30. The molecule has 0 aliphatic carbocycles. The van der Waals surface area contributed by atoms with Crippen LogP contribution in [0.1, 0.15) is 19.0 Å². The smallest absolute Gasteiger partial charge is 0.195 e. The summed E-state index contributed by atoms with van der Waals surface area (Å²) in [5.74, 6) is 1.73. The van der Waals surface area contributed by atoms with Crippen LogP contribution >= 0.6 is 27.3 Å². The van der Waals surface area contributed by atoms with Crippen LogP contribution in [-0.4, -0.2) is 35.7 Å². The van der Waals surface area contributed by atoms with Gasteiger partial charge in [-0.05, 0) is 12.3 Å². The number of thiazole rings is 1. The molecule has 0 radical (unpaired) electrons. The zero-order valence-electron chi connectivity index (χ0n) is 11.2. The first-order valence-corrected chi connectivity index (χ1v) is 8.52. The van der Waals surface area contributed by atoms with E-state index in [0.29, 0.717) is 12.0 Å². The van der Waals surface area contributed by atoms with E-state index >= 15 is 0 Å². The molecule has 0 bridgehead atoms. The van der Waals surface area contributed by atoms with Crippen LogP contribution in [-0.2, 0) is 10.1 Å². The van der Waals surface area contributed by atoms with E-state index < -0.39 is 0 Å². The molecule has 2 aromatic heterocycles. The molecule has 3 rings (SSSR count). The first-order chi connectivity index (χ1) is 9.24. The first kappa shape index (κ1) is 13.4. The molecule has 0 saturated carbocycles. The van der Waals surface area contributed by atoms with Crippen molar-refractivity contribution in [2.45, 2.75) is 24.8 Å². The Kier molecular flexibility index (Phi) is 3.82. The van der Waals surface area contributed by atoms with Gasteiger partial charge in [0, 0.05) is 37.1 Å². The van der Waals surface area contributed by atoms with Gasteiger partial charge < -0.3 is 9.64 Å². The average Bonchev–Trinajstić information content (AvgIpc) is 2.99. The molecular weight excluding hydrogens is 326 g/mol. The summed E-state index contributed by atoms with van der Waals surface area (Å²) < 4.78 is 7.77. The minimum Gasteiger partial charge on any atom is -0.379 e. The van der Waals surface area contributed by atoms with Gasteiger partial charge in [-0.15, -0.1) is 11.3 Å². The summed E-state index contributed by atoms with van der Waals surface area (Å²) in [4.78, 5) is 8.22. The lowest BCUT2D eigenvalue weighted by molar-refractivity contribution is 0.0496. The molecule has 2 unspecified atom stereocenters. The van der Waals surface area contributed by atoms with Crippen molar-refractivity contribution < 1.29 is 4.74 Å². The van der Waals surface area contributed by atoms with Crippen molar-refractivity contribution in [1.82, 2.24) is 9.38 Å². The number of nitrogens with zero attached hydrogens (tertiary/aromatic N) is 3. The van der Waals surface area contributed by atoms with E-state index in [-0.39, 0.29) is 0 Å². The van der Waals surface area contributed by atoms with E-state index in [2.05, 4.69) is 43.7 Å². The zero-order valence-corrected chi connectivity index (χ0v) is 13.6. The molecule has 4 nitrogen and oxygen atoms in total. The largest absolute Gasteiger partial charge is 0.379 e. The molecule has 1 aliphatic heterocycles. The number of imidazole rings is 1. The maximum absolute atomic E-state index is 5.60. The average molecular weight is 344 g/mol. The van der Waals surface area contributed by atoms with Gasteiger partial charge in [0.1, 0.15) is 0 Å². The zero-order chi connectivity index (χ0) is 13.4. The second kappa shape index (κ2) is 5.42. The van der Waals surface area contributed by atoms with E-state index in [0.717, 1.165) is 35.6 Å². The van der Waals surface area contributed by atoms with Gasteiger partial charge >= 0.3 is 0 Å². The summed E-state index contributed by atoms with van der Waals surface area (Å²) in [6.45, 7) is 4.26. The Labute approximate surface area is 125 Å². The summed E-state index contributed by atoms with van der Waals surface area (Å²) in [6.07, 6.45) is 3.55. The molecule has 0 amide bonds. The van der Waals surface area contributed by atoms with Crippen LogP contribution in [0.15, 0.2) is 11.6 Å². The maximum Gasteiger partial charge on any atom is 0.195 e. The number of halogens is 1. The minimum atomic E-state index is 0.302. The Bertz CT molecular complexity index is 567. The number of methoxy groups -OCH3 is 1. The highest BCUT2D eigenvalue weighted by Gasteiger charge is 2.29. The second-order valence-corrected chi connectivity index (χ2v) is 6.49. The monoisotopic (exact) mass is 343 g/mol. The molecule has 0 aromatic carbocycles. The summed E-state index contributed by atoms with van der Waals surface area (Å²) >= 11 is 5.27. The van der Waals surface area contributed by atoms with Crippen molar-refractivity contribution in [3.63, 3.8) is 0 Å². The van der Waals surface area contributed by atoms with Crippen molar-refractivity contribution in [3.05, 3.63) is 17.3 Å². The topological polar surface area (TPSA) is 29.8 Å². The fraction of sp³-hybridized carbons (Fsp3) is 0.615. The van der Waals surface area contributed by atoms with Crippen LogP contribution in [0.4, 0.5) is 5.82 Å². The summed E-state index contributed by atoms with van der Waals surface area (Å²) in [5, 5.41) is 2.90. The highest BCUT2D eigenvalue weighted by molar-refractivity contribution is 9.08. The Morgan fingerprint density at radius 2 is 2.42 bits per heavy atom. The van der Waals surface area contributed by atoms with Crippen LogP contribution in [0, 0.1) is 5.92 Å². The number of ether oxygens (including phenoxy) is 1. The highest BCUT2D eigenvalue weighted by Crippen LogP contribution is 2.30. The van der Waals surface area contributed by atoms with Gasteiger partial charge in [-0.3, -0.25) is 4.40 Å². The molecule has 2 atom stereocenters. The van der Waals surface area contributed by atoms with Crippen LogP contribution in [0.3, 0.4) is 0 Å². The molecule has 1 fully saturated rings. The van der Waals surface area contributed by atoms with Gasteiger partial charge in [0.2, 0.25) is 0 Å². The molecule has 1 saturated heterocycles. The second-order valence-electron chi connectivity index (χ2n) is 5.06. The molecule has 0 N–H and O–H groups in total. The fourth-order valence-electron chi connectivity index (χ4n) is 2.73. The van der Waals surface area contributed by atoms with Gasteiger partial charge in [0.05, 0.1) is 11.8 Å². The maximum atomic E-state index is 5.60. The van der Waals surface area contributed by atoms with Gasteiger partial charge in [0.15, 0.2) is 10.8 Å². The highest BCUT2D eigenvalue weighted by atomic mass is 79.9. The molecule has 2 aromatic rings. The van der Waals surface area contributed by atoms with Crippen LogP contribution < -0.4 is 4.90 Å². The molecule has 3 heterocycles. The molecule has 104 valence electrons. The van der Waals surface area contributed by atoms with E-state index in [9.17, 15) is 0 Å². The number of rotatable bonds is 3.